The molecule has 6 N–H and O–H groups in total. The number of hydrogen-bond acceptors (Lipinski definition) is 2. The van der Waals surface area contributed by atoms with Crippen LogP contribution < -0.4 is 17.2 Å². The van der Waals surface area contributed by atoms with Crippen molar-refractivity contribution < 1.29 is 0 Å². The number of aliphatic imine (C=N–C) groups is 2. The zero-order chi connectivity index (χ0) is 10.6. The molecule has 0 aliphatic rings. The highest BCUT2D eigenvalue weighted by Crippen LogP contribution is 2.16. The largest absolute Gasteiger partial charge is 0.370 e. The minimum absolute atomic E-state index is 0.00935. The molecule has 0 aromatic carbocycles. The topological polar surface area (TPSA) is 116 Å². The van der Waals surface area contributed by atoms with Gasteiger partial charge in [-0.1, -0.05) is 0 Å². The van der Waals surface area contributed by atoms with Gasteiger partial charge in [-0.25, -0.2) is 4.99 Å². The van der Waals surface area contributed by atoms with Crippen molar-refractivity contribution in [3.8, 4) is 0 Å². The molecule has 0 bridgehead atoms. The summed E-state index contributed by atoms with van der Waals surface area (Å²) in [5.74, 6) is -0.140. The third kappa shape index (κ3) is 3.40. The van der Waals surface area contributed by atoms with E-state index < -0.39 is 0 Å². The second-order valence-corrected chi connectivity index (χ2v) is 3.28. The fraction of sp³-hybridized carbons (Fsp3) is 0. The molecule has 0 unspecified atom stereocenters. The summed E-state index contributed by atoms with van der Waals surface area (Å²) in [6.07, 6.45) is 3.18. The van der Waals surface area contributed by atoms with Gasteiger partial charge in [0.2, 0.25) is 5.96 Å². The van der Waals surface area contributed by atoms with E-state index in [0.29, 0.717) is 5.69 Å². The van der Waals surface area contributed by atoms with Crippen LogP contribution in [-0.2, 0) is 0 Å². The SMILES string of the molecule is NC(N)=NC(N)=Nc1cncc(Br)c1. The summed E-state index contributed by atoms with van der Waals surface area (Å²) in [5, 5.41) is 0. The maximum absolute atomic E-state index is 5.42. The summed E-state index contributed by atoms with van der Waals surface area (Å²) < 4.78 is 0.802. The van der Waals surface area contributed by atoms with Gasteiger partial charge >= 0.3 is 0 Å². The maximum atomic E-state index is 5.42. The molecule has 0 atom stereocenters. The molecular weight excluding hydrogens is 248 g/mol. The van der Waals surface area contributed by atoms with Crippen LogP contribution in [0.5, 0.6) is 0 Å². The Morgan fingerprint density at radius 2 is 2.00 bits per heavy atom. The normalized spacial score (nSPS) is 11.1. The van der Waals surface area contributed by atoms with Crippen LogP contribution in [0.15, 0.2) is 32.9 Å². The molecule has 0 saturated carbocycles. The summed E-state index contributed by atoms with van der Waals surface area (Å²) in [4.78, 5) is 11.4. The van der Waals surface area contributed by atoms with Gasteiger partial charge in [0.25, 0.3) is 0 Å². The highest BCUT2D eigenvalue weighted by molar-refractivity contribution is 9.10. The zero-order valence-corrected chi connectivity index (χ0v) is 8.77. The average molecular weight is 257 g/mol. The molecule has 7 heteroatoms. The van der Waals surface area contributed by atoms with Crippen LogP contribution in [0.1, 0.15) is 0 Å². The van der Waals surface area contributed by atoms with Crippen molar-refractivity contribution in [2.75, 3.05) is 0 Å². The van der Waals surface area contributed by atoms with Gasteiger partial charge in [0.05, 0.1) is 11.9 Å². The van der Waals surface area contributed by atoms with E-state index in [1.807, 2.05) is 0 Å². The Hall–Kier alpha value is -1.63. The molecule has 0 fully saturated rings. The lowest BCUT2D eigenvalue weighted by Gasteiger charge is -1.95. The van der Waals surface area contributed by atoms with Gasteiger partial charge in [-0.2, -0.15) is 4.99 Å². The second-order valence-electron chi connectivity index (χ2n) is 2.37. The van der Waals surface area contributed by atoms with E-state index in [0.717, 1.165) is 4.47 Å². The monoisotopic (exact) mass is 256 g/mol. The minimum Gasteiger partial charge on any atom is -0.370 e. The molecule has 0 aliphatic heterocycles. The van der Waals surface area contributed by atoms with Crippen molar-refractivity contribution in [2.45, 2.75) is 0 Å². The van der Waals surface area contributed by atoms with Gasteiger partial charge in [0, 0.05) is 10.7 Å². The Bertz CT molecular complexity index is 382. The van der Waals surface area contributed by atoms with E-state index in [1.165, 1.54) is 0 Å². The predicted molar refractivity (Wildman–Crippen MR) is 59.0 cm³/mol. The number of nitrogens with zero attached hydrogens (tertiary/aromatic N) is 3. The third-order valence-corrected chi connectivity index (χ3v) is 1.61. The van der Waals surface area contributed by atoms with Gasteiger partial charge < -0.3 is 17.2 Å². The van der Waals surface area contributed by atoms with Crippen molar-refractivity contribution in [3.05, 3.63) is 22.9 Å². The minimum atomic E-state index is -0.130. The number of pyridine rings is 1. The Morgan fingerprint density at radius 3 is 2.57 bits per heavy atom. The number of halogens is 1. The Morgan fingerprint density at radius 1 is 1.29 bits per heavy atom. The molecule has 1 heterocycles. The van der Waals surface area contributed by atoms with Gasteiger partial charge in [-0.15, -0.1) is 0 Å². The Balaban J connectivity index is 2.92. The summed E-state index contributed by atoms with van der Waals surface area (Å²) >= 11 is 3.25. The number of hydrogen-bond donors (Lipinski definition) is 3. The van der Waals surface area contributed by atoms with Crippen molar-refractivity contribution in [1.82, 2.24) is 4.98 Å². The van der Waals surface area contributed by atoms with Crippen LogP contribution in [0.25, 0.3) is 0 Å². The Kier molecular flexibility index (Phi) is 3.41. The van der Waals surface area contributed by atoms with Crippen molar-refractivity contribution in [2.24, 2.45) is 27.2 Å². The van der Waals surface area contributed by atoms with E-state index in [2.05, 4.69) is 30.9 Å². The smallest absolute Gasteiger partial charge is 0.223 e. The van der Waals surface area contributed by atoms with E-state index in [-0.39, 0.29) is 11.9 Å². The van der Waals surface area contributed by atoms with Crippen LogP contribution in [-0.4, -0.2) is 16.9 Å². The standard InChI is InChI=1S/C7H9BrN6/c8-4-1-5(3-12-2-4)13-7(11)14-6(9)10/h1-3H,(H6,9,10,11,13,14). The molecule has 1 rings (SSSR count). The van der Waals surface area contributed by atoms with E-state index >= 15 is 0 Å². The molecule has 0 spiro atoms. The molecule has 0 radical (unpaired) electrons. The fourth-order valence-corrected chi connectivity index (χ4v) is 1.10. The number of guanidine groups is 2. The first-order valence-corrected chi connectivity index (χ1v) is 4.41. The molecule has 0 amide bonds. The molecule has 14 heavy (non-hydrogen) atoms. The molecule has 0 saturated heterocycles. The van der Waals surface area contributed by atoms with Gasteiger partial charge in [-0.05, 0) is 22.0 Å². The summed E-state index contributed by atoms with van der Waals surface area (Å²) in [6, 6.07) is 1.74. The summed E-state index contributed by atoms with van der Waals surface area (Å²) in [5.41, 5.74) is 16.2. The first-order chi connectivity index (χ1) is 6.58. The highest BCUT2D eigenvalue weighted by atomic mass is 79.9. The van der Waals surface area contributed by atoms with Crippen molar-refractivity contribution in [1.29, 1.82) is 0 Å². The Labute approximate surface area is 89.1 Å². The second kappa shape index (κ2) is 4.56. The quantitative estimate of drug-likeness (QED) is 0.487. The summed E-state index contributed by atoms with van der Waals surface area (Å²) in [7, 11) is 0. The lowest BCUT2D eigenvalue weighted by atomic mass is 10.4. The number of nitrogens with two attached hydrogens (primary N) is 3. The number of aromatic nitrogens is 1. The molecule has 6 nitrogen and oxygen atoms in total. The van der Waals surface area contributed by atoms with E-state index in [9.17, 15) is 0 Å². The maximum Gasteiger partial charge on any atom is 0.223 e. The number of rotatable bonds is 1. The van der Waals surface area contributed by atoms with Crippen molar-refractivity contribution >= 4 is 33.5 Å². The van der Waals surface area contributed by atoms with Crippen LogP contribution in [0.4, 0.5) is 5.69 Å². The molecular formula is C7H9BrN6. The lowest BCUT2D eigenvalue weighted by Crippen LogP contribution is -2.26. The van der Waals surface area contributed by atoms with Gasteiger partial charge in [0.15, 0.2) is 5.96 Å². The predicted octanol–water partition coefficient (Wildman–Crippen LogP) is 0.0637. The van der Waals surface area contributed by atoms with Crippen LogP contribution in [0.2, 0.25) is 0 Å². The van der Waals surface area contributed by atoms with E-state index in [4.69, 9.17) is 17.2 Å². The molecule has 0 aliphatic carbocycles. The van der Waals surface area contributed by atoms with Crippen molar-refractivity contribution in [3.63, 3.8) is 0 Å². The molecule has 1 aromatic heterocycles. The van der Waals surface area contributed by atoms with Crippen LogP contribution in [0, 0.1) is 0 Å². The zero-order valence-electron chi connectivity index (χ0n) is 7.18. The first-order valence-electron chi connectivity index (χ1n) is 3.62. The summed E-state index contributed by atoms with van der Waals surface area (Å²) in [6.45, 7) is 0. The first kappa shape index (κ1) is 10.5. The lowest BCUT2D eigenvalue weighted by molar-refractivity contribution is 1.27. The fourth-order valence-electron chi connectivity index (χ4n) is 0.751. The molecule has 1 aromatic rings. The highest BCUT2D eigenvalue weighted by Gasteiger charge is 1.94. The van der Waals surface area contributed by atoms with Gasteiger partial charge in [0.1, 0.15) is 0 Å². The van der Waals surface area contributed by atoms with Crippen LogP contribution >= 0.6 is 15.9 Å². The van der Waals surface area contributed by atoms with Crippen LogP contribution in [0.3, 0.4) is 0 Å². The molecule has 74 valence electrons. The van der Waals surface area contributed by atoms with Gasteiger partial charge in [-0.3, -0.25) is 4.98 Å². The average Bonchev–Trinajstić information content (AvgIpc) is 2.01. The van der Waals surface area contributed by atoms with E-state index in [1.54, 1.807) is 18.5 Å². The third-order valence-electron chi connectivity index (χ3n) is 1.18.